The summed E-state index contributed by atoms with van der Waals surface area (Å²) in [5.74, 6) is -0.150. The van der Waals surface area contributed by atoms with Gasteiger partial charge in [0.2, 0.25) is 0 Å². The van der Waals surface area contributed by atoms with Crippen molar-refractivity contribution in [3.63, 3.8) is 0 Å². The summed E-state index contributed by atoms with van der Waals surface area (Å²) in [5.41, 5.74) is 2.59. The van der Waals surface area contributed by atoms with Crippen LogP contribution in [0.3, 0.4) is 0 Å². The van der Waals surface area contributed by atoms with Gasteiger partial charge >= 0.3 is 0 Å². The number of amides is 1. The van der Waals surface area contributed by atoms with Crippen LogP contribution in [0.5, 0.6) is 0 Å². The van der Waals surface area contributed by atoms with Crippen molar-refractivity contribution < 1.29 is 9.72 Å². The molecule has 0 saturated heterocycles. The highest BCUT2D eigenvalue weighted by molar-refractivity contribution is 7.14. The molecule has 0 aliphatic carbocycles. The van der Waals surface area contributed by atoms with Gasteiger partial charge in [-0.25, -0.2) is 0 Å². The van der Waals surface area contributed by atoms with E-state index >= 15 is 0 Å². The number of rotatable bonds is 2. The molecule has 1 amide bonds. The Bertz CT molecular complexity index is 927. The van der Waals surface area contributed by atoms with Gasteiger partial charge in [-0.1, -0.05) is 0 Å². The van der Waals surface area contributed by atoms with Crippen molar-refractivity contribution in [2.45, 2.75) is 13.1 Å². The van der Waals surface area contributed by atoms with Gasteiger partial charge < -0.3 is 4.57 Å². The lowest BCUT2D eigenvalue weighted by atomic mass is 10.1. The summed E-state index contributed by atoms with van der Waals surface area (Å²) >= 11 is 1.54. The molecule has 1 aliphatic rings. The van der Waals surface area contributed by atoms with E-state index in [-0.39, 0.29) is 11.6 Å². The van der Waals surface area contributed by atoms with Gasteiger partial charge in [-0.2, -0.15) is 0 Å². The van der Waals surface area contributed by atoms with E-state index in [1.807, 2.05) is 29.8 Å². The van der Waals surface area contributed by atoms with Gasteiger partial charge in [0.1, 0.15) is 5.00 Å². The van der Waals surface area contributed by atoms with E-state index in [0.717, 1.165) is 22.8 Å². The number of nitro groups is 1. The Kier molecular flexibility index (Phi) is 3.42. The van der Waals surface area contributed by atoms with Crippen LogP contribution in [0.2, 0.25) is 0 Å². The van der Waals surface area contributed by atoms with Crippen LogP contribution in [-0.2, 0) is 13.1 Å². The maximum Gasteiger partial charge on any atom is 0.269 e. The van der Waals surface area contributed by atoms with Gasteiger partial charge in [0, 0.05) is 35.2 Å². The molecule has 3 aromatic rings. The predicted molar refractivity (Wildman–Crippen MR) is 91.5 cm³/mol. The van der Waals surface area contributed by atoms with E-state index in [9.17, 15) is 14.9 Å². The first-order chi connectivity index (χ1) is 11.6. The van der Waals surface area contributed by atoms with E-state index in [1.165, 1.54) is 35.6 Å². The summed E-state index contributed by atoms with van der Waals surface area (Å²) < 4.78 is 2.13. The zero-order valence-electron chi connectivity index (χ0n) is 12.6. The molecule has 2 aromatic heterocycles. The van der Waals surface area contributed by atoms with E-state index in [2.05, 4.69) is 4.57 Å². The lowest BCUT2D eigenvalue weighted by Crippen LogP contribution is -2.29. The highest BCUT2D eigenvalue weighted by atomic mass is 32.1. The highest BCUT2D eigenvalue weighted by Gasteiger charge is 2.26. The van der Waals surface area contributed by atoms with Crippen LogP contribution >= 0.6 is 11.3 Å². The number of hydrogen-bond acceptors (Lipinski definition) is 4. The number of carbonyl (C=O) groups excluding carboxylic acids is 1. The Labute approximate surface area is 141 Å². The summed E-state index contributed by atoms with van der Waals surface area (Å²) in [4.78, 5) is 25.0. The molecule has 24 heavy (non-hydrogen) atoms. The number of nitrogens with zero attached hydrogens (tertiary/aromatic N) is 3. The van der Waals surface area contributed by atoms with Crippen LogP contribution in [-0.4, -0.2) is 15.4 Å². The van der Waals surface area contributed by atoms with Crippen molar-refractivity contribution in [3.8, 4) is 0 Å². The molecule has 0 fully saturated rings. The summed E-state index contributed by atoms with van der Waals surface area (Å²) in [5, 5.41) is 13.7. The van der Waals surface area contributed by atoms with E-state index < -0.39 is 4.92 Å². The molecule has 0 N–H and O–H groups in total. The number of nitro benzene ring substituents is 1. The van der Waals surface area contributed by atoms with Crippen molar-refractivity contribution in [3.05, 3.63) is 81.0 Å². The van der Waals surface area contributed by atoms with Gasteiger partial charge in [-0.3, -0.25) is 19.8 Å². The minimum atomic E-state index is -0.468. The van der Waals surface area contributed by atoms with Crippen LogP contribution in [0.4, 0.5) is 10.7 Å². The number of thiophene rings is 1. The number of aromatic nitrogens is 1. The van der Waals surface area contributed by atoms with Crippen LogP contribution in [0, 0.1) is 10.1 Å². The lowest BCUT2D eigenvalue weighted by Gasteiger charge is -2.20. The summed E-state index contributed by atoms with van der Waals surface area (Å²) in [6.45, 7) is 1.22. The third kappa shape index (κ3) is 2.39. The Morgan fingerprint density at radius 2 is 1.92 bits per heavy atom. The molecule has 120 valence electrons. The number of anilines is 1. The number of carbonyl (C=O) groups is 1. The molecule has 0 bridgehead atoms. The van der Waals surface area contributed by atoms with Crippen LogP contribution < -0.4 is 4.90 Å². The molecular weight excluding hydrogens is 326 g/mol. The fourth-order valence-electron chi connectivity index (χ4n) is 2.90. The third-order valence-electron chi connectivity index (χ3n) is 4.12. The molecule has 4 rings (SSSR count). The molecule has 0 saturated carbocycles. The zero-order chi connectivity index (χ0) is 16.7. The van der Waals surface area contributed by atoms with Crippen molar-refractivity contribution >= 4 is 27.9 Å². The molecular formula is C17H13N3O3S. The maximum atomic E-state index is 13.0. The minimum absolute atomic E-state index is 0.0203. The monoisotopic (exact) mass is 339 g/mol. The number of benzene rings is 1. The second-order valence-corrected chi connectivity index (χ2v) is 6.47. The minimum Gasteiger partial charge on any atom is -0.345 e. The number of non-ortho nitro benzene ring substituents is 1. The fraction of sp³-hybridized carbons (Fsp3) is 0.118. The Hall–Kier alpha value is -2.93. The van der Waals surface area contributed by atoms with E-state index in [4.69, 9.17) is 0 Å². The zero-order valence-corrected chi connectivity index (χ0v) is 13.4. The van der Waals surface area contributed by atoms with Crippen LogP contribution in [0.15, 0.2) is 54.0 Å². The topological polar surface area (TPSA) is 68.4 Å². The summed E-state index contributed by atoms with van der Waals surface area (Å²) in [7, 11) is 0. The van der Waals surface area contributed by atoms with Gasteiger partial charge in [0.15, 0.2) is 0 Å². The highest BCUT2D eigenvalue weighted by Crippen LogP contribution is 2.34. The quantitative estimate of drug-likeness (QED) is 0.528. The first-order valence-corrected chi connectivity index (χ1v) is 8.28. The third-order valence-corrected chi connectivity index (χ3v) is 5.10. The average Bonchev–Trinajstić information content (AvgIpc) is 3.20. The standard InChI is InChI=1S/C17H13N3O3S/c21-16(12-3-5-14(6-4-12)20(22)23)19-11-15-2-1-8-18(15)10-13-7-9-24-17(13)19/h1-9H,10-11H2. The van der Waals surface area contributed by atoms with Gasteiger partial charge in [0.25, 0.3) is 11.6 Å². The smallest absolute Gasteiger partial charge is 0.269 e. The van der Waals surface area contributed by atoms with Crippen molar-refractivity contribution in [2.24, 2.45) is 0 Å². The molecule has 1 aromatic carbocycles. The first-order valence-electron chi connectivity index (χ1n) is 7.40. The van der Waals surface area contributed by atoms with Crippen molar-refractivity contribution in [1.82, 2.24) is 4.57 Å². The molecule has 1 aliphatic heterocycles. The molecule has 0 spiro atoms. The maximum absolute atomic E-state index is 13.0. The molecule has 0 radical (unpaired) electrons. The molecule has 7 heteroatoms. The van der Waals surface area contributed by atoms with Gasteiger partial charge in [-0.05, 0) is 35.7 Å². The molecule has 0 unspecified atom stereocenters. The van der Waals surface area contributed by atoms with Gasteiger partial charge in [-0.15, -0.1) is 11.3 Å². The van der Waals surface area contributed by atoms with Crippen molar-refractivity contribution in [1.29, 1.82) is 0 Å². The number of hydrogen-bond donors (Lipinski definition) is 0. The SMILES string of the molecule is O=C(c1ccc([N+](=O)[O-])cc1)N1Cc2cccn2Cc2ccsc21. The normalized spacial score (nSPS) is 13.1. The first kappa shape index (κ1) is 14.6. The predicted octanol–water partition coefficient (Wildman–Crippen LogP) is 3.67. The van der Waals surface area contributed by atoms with Crippen LogP contribution in [0.25, 0.3) is 0 Å². The fourth-order valence-corrected chi connectivity index (χ4v) is 3.81. The molecule has 0 atom stereocenters. The largest absolute Gasteiger partial charge is 0.345 e. The number of fused-ring (bicyclic) bond motifs is 2. The second-order valence-electron chi connectivity index (χ2n) is 5.57. The van der Waals surface area contributed by atoms with Crippen LogP contribution in [0.1, 0.15) is 21.6 Å². The molecule has 3 heterocycles. The van der Waals surface area contributed by atoms with E-state index in [0.29, 0.717) is 12.1 Å². The Morgan fingerprint density at radius 1 is 1.12 bits per heavy atom. The second kappa shape index (κ2) is 5.61. The van der Waals surface area contributed by atoms with Crippen molar-refractivity contribution in [2.75, 3.05) is 4.90 Å². The Morgan fingerprint density at radius 3 is 2.67 bits per heavy atom. The summed E-state index contributed by atoms with van der Waals surface area (Å²) in [6, 6.07) is 11.8. The Balaban J connectivity index is 1.72. The van der Waals surface area contributed by atoms with E-state index in [1.54, 1.807) is 4.90 Å². The summed E-state index contributed by atoms with van der Waals surface area (Å²) in [6.07, 6.45) is 2.01. The van der Waals surface area contributed by atoms with Gasteiger partial charge in [0.05, 0.1) is 18.0 Å². The molecule has 6 nitrogen and oxygen atoms in total. The lowest BCUT2D eigenvalue weighted by molar-refractivity contribution is -0.384. The average molecular weight is 339 g/mol.